The number of aryl methyl sites for hydroxylation is 1. The number of aliphatic hydroxyl groups is 1. The molecule has 0 amide bonds. The molecule has 0 radical (unpaired) electrons. The number of nitrogens with two attached hydrogens (primary N) is 1. The van der Waals surface area contributed by atoms with Gasteiger partial charge in [-0.25, -0.2) is 0 Å². The van der Waals surface area contributed by atoms with E-state index in [0.29, 0.717) is 13.0 Å². The quantitative estimate of drug-likeness (QED) is 0.633. The van der Waals surface area contributed by atoms with Crippen LogP contribution in [-0.2, 0) is 12.0 Å². The molecule has 1 aromatic rings. The molecule has 0 fully saturated rings. The van der Waals surface area contributed by atoms with E-state index in [-0.39, 0.29) is 0 Å². The van der Waals surface area contributed by atoms with Crippen LogP contribution < -0.4 is 5.73 Å². The predicted molar refractivity (Wildman–Crippen MR) is 51.3 cm³/mol. The van der Waals surface area contributed by atoms with E-state index in [1.54, 1.807) is 0 Å². The van der Waals surface area contributed by atoms with Gasteiger partial charge < -0.3 is 15.8 Å². The smallest absolute Gasteiger partial charge is 0.0925 e. The average Bonchev–Trinajstić information content (AvgIpc) is 2.54. The van der Waals surface area contributed by atoms with Gasteiger partial charge in [0.05, 0.1) is 5.60 Å². The summed E-state index contributed by atoms with van der Waals surface area (Å²) >= 11 is 0. The second-order valence-electron chi connectivity index (χ2n) is 3.82. The Hall–Kier alpha value is -0.800. The maximum atomic E-state index is 10.3. The maximum absolute atomic E-state index is 10.3. The van der Waals surface area contributed by atoms with E-state index >= 15 is 0 Å². The molecule has 0 bridgehead atoms. The van der Waals surface area contributed by atoms with Gasteiger partial charge in [-0.1, -0.05) is 0 Å². The molecular weight excluding hydrogens is 164 g/mol. The van der Waals surface area contributed by atoms with Crippen molar-refractivity contribution in [3.05, 3.63) is 23.5 Å². The van der Waals surface area contributed by atoms with Gasteiger partial charge in [-0.15, -0.1) is 0 Å². The molecule has 1 heterocycles. The highest BCUT2D eigenvalue weighted by Crippen LogP contribution is 2.37. The van der Waals surface area contributed by atoms with Gasteiger partial charge >= 0.3 is 0 Å². The van der Waals surface area contributed by atoms with Gasteiger partial charge in [0.25, 0.3) is 0 Å². The van der Waals surface area contributed by atoms with Crippen LogP contribution in [-0.4, -0.2) is 16.6 Å². The Morgan fingerprint density at radius 1 is 1.54 bits per heavy atom. The summed E-state index contributed by atoms with van der Waals surface area (Å²) in [5.41, 5.74) is 7.15. The molecule has 0 spiro atoms. The highest BCUT2D eigenvalue weighted by molar-refractivity contribution is 5.32. The number of rotatable bonds is 2. The summed E-state index contributed by atoms with van der Waals surface area (Å²) in [5.74, 6) is 0. The zero-order chi connectivity index (χ0) is 9.31. The first-order chi connectivity index (χ1) is 6.26. The van der Waals surface area contributed by atoms with E-state index in [4.69, 9.17) is 5.73 Å². The largest absolute Gasteiger partial charge is 0.385 e. The van der Waals surface area contributed by atoms with Crippen molar-refractivity contribution in [1.29, 1.82) is 0 Å². The summed E-state index contributed by atoms with van der Waals surface area (Å²) in [6, 6.07) is 0. The van der Waals surface area contributed by atoms with E-state index in [9.17, 15) is 5.11 Å². The molecule has 1 unspecified atom stereocenters. The second kappa shape index (κ2) is 3.16. The number of aromatic amines is 1. The lowest BCUT2D eigenvalue weighted by Crippen LogP contribution is -2.32. The van der Waals surface area contributed by atoms with Crippen molar-refractivity contribution in [3.63, 3.8) is 0 Å². The zero-order valence-electron chi connectivity index (χ0n) is 7.71. The van der Waals surface area contributed by atoms with Crippen molar-refractivity contribution in [2.24, 2.45) is 5.73 Å². The molecule has 72 valence electrons. The van der Waals surface area contributed by atoms with Crippen LogP contribution in [0.3, 0.4) is 0 Å². The SMILES string of the molecule is NCCC1(O)CCCc2c[nH]cc21. The van der Waals surface area contributed by atoms with Gasteiger partial charge in [-0.3, -0.25) is 0 Å². The highest BCUT2D eigenvalue weighted by Gasteiger charge is 2.33. The maximum Gasteiger partial charge on any atom is 0.0925 e. The molecule has 2 rings (SSSR count). The summed E-state index contributed by atoms with van der Waals surface area (Å²) in [7, 11) is 0. The van der Waals surface area contributed by atoms with E-state index in [1.807, 2.05) is 12.4 Å². The van der Waals surface area contributed by atoms with Crippen LogP contribution in [0.25, 0.3) is 0 Å². The minimum Gasteiger partial charge on any atom is -0.385 e. The number of aromatic nitrogens is 1. The summed E-state index contributed by atoms with van der Waals surface area (Å²) in [6.07, 6.45) is 7.53. The van der Waals surface area contributed by atoms with Crippen LogP contribution in [0.5, 0.6) is 0 Å². The average molecular weight is 180 g/mol. The lowest BCUT2D eigenvalue weighted by atomic mass is 9.79. The van der Waals surface area contributed by atoms with Crippen molar-refractivity contribution in [2.45, 2.75) is 31.3 Å². The summed E-state index contributed by atoms with van der Waals surface area (Å²) in [5, 5.41) is 10.3. The fourth-order valence-corrected chi connectivity index (χ4v) is 2.24. The summed E-state index contributed by atoms with van der Waals surface area (Å²) in [4.78, 5) is 3.05. The second-order valence-corrected chi connectivity index (χ2v) is 3.82. The Balaban J connectivity index is 2.33. The zero-order valence-corrected chi connectivity index (χ0v) is 7.71. The van der Waals surface area contributed by atoms with Crippen molar-refractivity contribution in [2.75, 3.05) is 6.54 Å². The first-order valence-corrected chi connectivity index (χ1v) is 4.85. The van der Waals surface area contributed by atoms with Crippen LogP contribution in [0.15, 0.2) is 12.4 Å². The molecule has 1 aliphatic carbocycles. The van der Waals surface area contributed by atoms with Crippen molar-refractivity contribution in [3.8, 4) is 0 Å². The Kier molecular flexibility index (Phi) is 2.14. The predicted octanol–water partition coefficient (Wildman–Crippen LogP) is 0.887. The van der Waals surface area contributed by atoms with E-state index in [2.05, 4.69) is 4.98 Å². The minimum atomic E-state index is -0.664. The van der Waals surface area contributed by atoms with Crippen LogP contribution in [0.2, 0.25) is 0 Å². The normalized spacial score (nSPS) is 27.2. The summed E-state index contributed by atoms with van der Waals surface area (Å²) in [6.45, 7) is 0.543. The molecule has 0 aliphatic heterocycles. The fraction of sp³-hybridized carbons (Fsp3) is 0.600. The van der Waals surface area contributed by atoms with E-state index in [0.717, 1.165) is 24.8 Å². The lowest BCUT2D eigenvalue weighted by molar-refractivity contribution is 0.0129. The van der Waals surface area contributed by atoms with Gasteiger partial charge in [-0.2, -0.15) is 0 Å². The highest BCUT2D eigenvalue weighted by atomic mass is 16.3. The van der Waals surface area contributed by atoms with Gasteiger partial charge in [0.2, 0.25) is 0 Å². The Morgan fingerprint density at radius 2 is 2.38 bits per heavy atom. The molecule has 4 N–H and O–H groups in total. The third kappa shape index (κ3) is 1.38. The molecule has 1 atom stereocenters. The van der Waals surface area contributed by atoms with Crippen LogP contribution in [0.4, 0.5) is 0 Å². The first kappa shape index (κ1) is 8.78. The van der Waals surface area contributed by atoms with Crippen molar-refractivity contribution < 1.29 is 5.11 Å². The Bertz CT molecular complexity index is 295. The molecule has 0 saturated heterocycles. The van der Waals surface area contributed by atoms with Crippen LogP contribution in [0.1, 0.15) is 30.4 Å². The third-order valence-corrected chi connectivity index (χ3v) is 2.93. The topological polar surface area (TPSA) is 62.0 Å². The molecule has 0 saturated carbocycles. The third-order valence-electron chi connectivity index (χ3n) is 2.93. The molecule has 0 aromatic carbocycles. The number of hydrogen-bond acceptors (Lipinski definition) is 2. The van der Waals surface area contributed by atoms with Gasteiger partial charge in [0, 0.05) is 18.0 Å². The molecule has 1 aromatic heterocycles. The standard InChI is InChI=1S/C10H16N2O/c11-5-4-10(13)3-1-2-8-6-12-7-9(8)10/h6-7,12-13H,1-5,11H2. The van der Waals surface area contributed by atoms with E-state index in [1.165, 1.54) is 5.56 Å². The molecule has 3 nitrogen and oxygen atoms in total. The number of nitrogens with one attached hydrogen (secondary N) is 1. The Morgan fingerprint density at radius 3 is 3.15 bits per heavy atom. The van der Waals surface area contributed by atoms with Gasteiger partial charge in [-0.05, 0) is 37.8 Å². The Labute approximate surface area is 78.0 Å². The monoisotopic (exact) mass is 180 g/mol. The van der Waals surface area contributed by atoms with Gasteiger partial charge in [0.1, 0.15) is 0 Å². The van der Waals surface area contributed by atoms with Crippen LogP contribution in [0, 0.1) is 0 Å². The molecular formula is C10H16N2O. The summed E-state index contributed by atoms with van der Waals surface area (Å²) < 4.78 is 0. The van der Waals surface area contributed by atoms with Crippen molar-refractivity contribution >= 4 is 0 Å². The fourth-order valence-electron chi connectivity index (χ4n) is 2.24. The minimum absolute atomic E-state index is 0.543. The number of hydrogen-bond donors (Lipinski definition) is 3. The van der Waals surface area contributed by atoms with E-state index < -0.39 is 5.60 Å². The molecule has 1 aliphatic rings. The molecule has 3 heteroatoms. The number of fused-ring (bicyclic) bond motifs is 1. The molecule has 13 heavy (non-hydrogen) atoms. The number of H-pyrrole nitrogens is 1. The van der Waals surface area contributed by atoms with Gasteiger partial charge in [0.15, 0.2) is 0 Å². The van der Waals surface area contributed by atoms with Crippen molar-refractivity contribution in [1.82, 2.24) is 4.98 Å². The first-order valence-electron chi connectivity index (χ1n) is 4.85. The van der Waals surface area contributed by atoms with Crippen LogP contribution >= 0.6 is 0 Å². The lowest BCUT2D eigenvalue weighted by Gasteiger charge is -2.32.